The largest absolute Gasteiger partial charge is 0.459 e. The van der Waals surface area contributed by atoms with Crippen LogP contribution in [-0.4, -0.2) is 0 Å². The summed E-state index contributed by atoms with van der Waals surface area (Å²) in [7, 11) is 0. The van der Waals surface area contributed by atoms with Gasteiger partial charge < -0.3 is 10.2 Å². The Morgan fingerprint density at radius 1 is 1.22 bits per heavy atom. The average molecular weight is 245 g/mol. The van der Waals surface area contributed by atoms with Crippen molar-refractivity contribution in [2.24, 2.45) is 23.5 Å². The Hall–Kier alpha value is -1.35. The van der Waals surface area contributed by atoms with Gasteiger partial charge in [0.05, 0.1) is 6.04 Å². The number of furan rings is 1. The maximum Gasteiger partial charge on any atom is 0.134 e. The molecule has 2 aliphatic rings. The van der Waals surface area contributed by atoms with Crippen molar-refractivity contribution in [1.29, 1.82) is 0 Å². The fourth-order valence-corrected chi connectivity index (χ4v) is 3.80. The van der Waals surface area contributed by atoms with Gasteiger partial charge in [0.25, 0.3) is 0 Å². The smallest absolute Gasteiger partial charge is 0.134 e. The van der Waals surface area contributed by atoms with Gasteiger partial charge in [-0.2, -0.15) is 0 Å². The van der Waals surface area contributed by atoms with Crippen molar-refractivity contribution in [3.8, 4) is 0 Å². The normalized spacial score (nSPS) is 31.6. The van der Waals surface area contributed by atoms with Crippen LogP contribution in [0.5, 0.6) is 0 Å². The second-order valence-electron chi connectivity index (χ2n) is 5.69. The van der Waals surface area contributed by atoms with E-state index >= 15 is 0 Å². The molecule has 94 valence electrons. The molecule has 2 saturated carbocycles. The fourth-order valence-electron chi connectivity index (χ4n) is 3.80. The Morgan fingerprint density at radius 2 is 2.00 bits per heavy atom. The Kier molecular flexibility index (Phi) is 2.10. The van der Waals surface area contributed by atoms with Crippen molar-refractivity contribution in [1.82, 2.24) is 0 Å². The van der Waals surface area contributed by atoms with Gasteiger partial charge in [0.15, 0.2) is 0 Å². The SMILES string of the molecule is NC(c1cc2cc(F)ccc2o1)C1C2CCCC21. The van der Waals surface area contributed by atoms with Gasteiger partial charge in [-0.3, -0.25) is 0 Å². The third-order valence-electron chi connectivity index (χ3n) is 4.71. The van der Waals surface area contributed by atoms with Crippen molar-refractivity contribution in [2.75, 3.05) is 0 Å². The lowest BCUT2D eigenvalue weighted by Gasteiger charge is -2.10. The number of fused-ring (bicyclic) bond motifs is 2. The van der Waals surface area contributed by atoms with E-state index in [4.69, 9.17) is 10.2 Å². The molecule has 2 aliphatic carbocycles. The Labute approximate surface area is 105 Å². The minimum atomic E-state index is -0.230. The first kappa shape index (κ1) is 10.6. The van der Waals surface area contributed by atoms with Crippen molar-refractivity contribution >= 4 is 11.0 Å². The van der Waals surface area contributed by atoms with E-state index in [-0.39, 0.29) is 11.9 Å². The molecule has 1 aromatic carbocycles. The Balaban J connectivity index is 1.66. The number of hydrogen-bond acceptors (Lipinski definition) is 2. The number of rotatable bonds is 2. The summed E-state index contributed by atoms with van der Waals surface area (Å²) in [5.74, 6) is 2.79. The van der Waals surface area contributed by atoms with Crippen LogP contribution in [0.3, 0.4) is 0 Å². The molecule has 0 amide bonds. The average Bonchev–Trinajstić information content (AvgIpc) is 2.77. The van der Waals surface area contributed by atoms with Gasteiger partial charge >= 0.3 is 0 Å². The lowest BCUT2D eigenvalue weighted by atomic mass is 10.0. The summed E-state index contributed by atoms with van der Waals surface area (Å²) in [6, 6.07) is 6.48. The Morgan fingerprint density at radius 3 is 2.78 bits per heavy atom. The molecule has 3 heteroatoms. The minimum Gasteiger partial charge on any atom is -0.459 e. The summed E-state index contributed by atoms with van der Waals surface area (Å²) in [5.41, 5.74) is 7.03. The number of nitrogens with two attached hydrogens (primary N) is 1. The van der Waals surface area contributed by atoms with Crippen molar-refractivity contribution < 1.29 is 8.81 Å². The first-order valence-corrected chi connectivity index (χ1v) is 6.68. The highest BCUT2D eigenvalue weighted by atomic mass is 19.1. The molecule has 2 aromatic rings. The molecule has 1 aromatic heterocycles. The van der Waals surface area contributed by atoms with Crippen molar-refractivity contribution in [3.63, 3.8) is 0 Å². The van der Waals surface area contributed by atoms with Gasteiger partial charge in [-0.25, -0.2) is 4.39 Å². The van der Waals surface area contributed by atoms with Gasteiger partial charge in [-0.15, -0.1) is 0 Å². The minimum absolute atomic E-state index is 0.0178. The van der Waals surface area contributed by atoms with Crippen LogP contribution in [0.4, 0.5) is 4.39 Å². The number of hydrogen-bond donors (Lipinski definition) is 1. The monoisotopic (exact) mass is 245 g/mol. The van der Waals surface area contributed by atoms with E-state index in [2.05, 4.69) is 0 Å². The summed E-state index contributed by atoms with van der Waals surface area (Å²) in [5, 5.41) is 0.811. The highest BCUT2D eigenvalue weighted by Gasteiger charge is 2.55. The molecule has 0 saturated heterocycles. The molecular formula is C15H16FNO. The van der Waals surface area contributed by atoms with Crippen LogP contribution in [0, 0.1) is 23.6 Å². The fraction of sp³-hybridized carbons (Fsp3) is 0.467. The van der Waals surface area contributed by atoms with Crippen LogP contribution in [-0.2, 0) is 0 Å². The van der Waals surface area contributed by atoms with E-state index in [1.807, 2.05) is 6.07 Å². The van der Waals surface area contributed by atoms with Gasteiger partial charge in [-0.05, 0) is 54.9 Å². The first-order valence-electron chi connectivity index (χ1n) is 6.68. The van der Waals surface area contributed by atoms with E-state index < -0.39 is 0 Å². The third kappa shape index (κ3) is 1.43. The third-order valence-corrected chi connectivity index (χ3v) is 4.71. The summed E-state index contributed by atoms with van der Waals surface area (Å²) in [6.45, 7) is 0. The molecule has 1 heterocycles. The second-order valence-corrected chi connectivity index (χ2v) is 5.69. The molecule has 3 atom stereocenters. The molecule has 18 heavy (non-hydrogen) atoms. The predicted molar refractivity (Wildman–Crippen MR) is 67.4 cm³/mol. The molecule has 2 N–H and O–H groups in total. The topological polar surface area (TPSA) is 39.2 Å². The zero-order chi connectivity index (χ0) is 12.3. The molecule has 3 unspecified atom stereocenters. The van der Waals surface area contributed by atoms with E-state index in [9.17, 15) is 4.39 Å². The highest BCUT2D eigenvalue weighted by molar-refractivity contribution is 5.78. The van der Waals surface area contributed by atoms with E-state index in [0.717, 1.165) is 28.6 Å². The van der Waals surface area contributed by atoms with Gasteiger partial charge in [0.1, 0.15) is 17.2 Å². The number of benzene rings is 1. The molecule has 4 rings (SSSR count). The summed E-state index contributed by atoms with van der Waals surface area (Å²) in [6.07, 6.45) is 3.99. The standard InChI is InChI=1S/C15H16FNO/c16-9-4-5-12-8(6-9)7-13(18-12)15(17)14-10-2-1-3-11(10)14/h4-7,10-11,14-15H,1-3,17H2. The van der Waals surface area contributed by atoms with Gasteiger partial charge in [-0.1, -0.05) is 6.42 Å². The van der Waals surface area contributed by atoms with E-state index in [0.29, 0.717) is 5.92 Å². The first-order chi connectivity index (χ1) is 8.74. The zero-order valence-electron chi connectivity index (χ0n) is 10.1. The molecule has 0 bridgehead atoms. The Bertz CT molecular complexity index is 596. The predicted octanol–water partition coefficient (Wildman–Crippen LogP) is 3.62. The summed E-state index contributed by atoms with van der Waals surface area (Å²) < 4.78 is 18.9. The van der Waals surface area contributed by atoms with Crippen molar-refractivity contribution in [2.45, 2.75) is 25.3 Å². The molecule has 0 spiro atoms. The van der Waals surface area contributed by atoms with Gasteiger partial charge in [0.2, 0.25) is 0 Å². The maximum atomic E-state index is 13.1. The molecular weight excluding hydrogens is 229 g/mol. The van der Waals surface area contributed by atoms with Gasteiger partial charge in [0, 0.05) is 5.39 Å². The number of halogens is 1. The van der Waals surface area contributed by atoms with Crippen LogP contribution in [0.25, 0.3) is 11.0 Å². The quantitative estimate of drug-likeness (QED) is 0.877. The molecule has 0 aliphatic heterocycles. The van der Waals surface area contributed by atoms with Crippen LogP contribution in [0.2, 0.25) is 0 Å². The lowest BCUT2D eigenvalue weighted by Crippen LogP contribution is -2.14. The maximum absolute atomic E-state index is 13.1. The van der Waals surface area contributed by atoms with Crippen molar-refractivity contribution in [3.05, 3.63) is 35.8 Å². The lowest BCUT2D eigenvalue weighted by molar-refractivity contribution is 0.422. The van der Waals surface area contributed by atoms with Crippen LogP contribution < -0.4 is 5.73 Å². The zero-order valence-corrected chi connectivity index (χ0v) is 10.1. The van der Waals surface area contributed by atoms with E-state index in [1.54, 1.807) is 6.07 Å². The van der Waals surface area contributed by atoms with E-state index in [1.165, 1.54) is 31.4 Å². The molecule has 2 fully saturated rings. The molecule has 0 radical (unpaired) electrons. The highest BCUT2D eigenvalue weighted by Crippen LogP contribution is 2.61. The molecule has 2 nitrogen and oxygen atoms in total. The summed E-state index contributed by atoms with van der Waals surface area (Å²) >= 11 is 0. The second kappa shape index (κ2) is 3.58. The van der Waals surface area contributed by atoms with Crippen LogP contribution in [0.15, 0.2) is 28.7 Å². The van der Waals surface area contributed by atoms with Crippen LogP contribution in [0.1, 0.15) is 31.1 Å². The summed E-state index contributed by atoms with van der Waals surface area (Å²) in [4.78, 5) is 0. The van der Waals surface area contributed by atoms with Crippen LogP contribution >= 0.6 is 0 Å².